The molecule has 0 spiro atoms. The van der Waals surface area contributed by atoms with E-state index >= 15 is 0 Å². The summed E-state index contributed by atoms with van der Waals surface area (Å²) >= 11 is 0. The molecule has 0 saturated carbocycles. The molecule has 98 valence electrons. The summed E-state index contributed by atoms with van der Waals surface area (Å²) in [6.07, 6.45) is 0. The normalized spacial score (nSPS) is 11.8. The molecule has 1 unspecified atom stereocenters. The van der Waals surface area contributed by atoms with Gasteiger partial charge in [0.2, 0.25) is 0 Å². The summed E-state index contributed by atoms with van der Waals surface area (Å²) in [6.45, 7) is 0. The molecular weight excluding hydrogens is 264 g/mol. The third-order valence-electron chi connectivity index (χ3n) is 2.43. The second-order valence-electron chi connectivity index (χ2n) is 3.88. The van der Waals surface area contributed by atoms with Gasteiger partial charge in [-0.1, -0.05) is 36.4 Å². The van der Waals surface area contributed by atoms with Crippen LogP contribution in [0.2, 0.25) is 0 Å². The minimum Gasteiger partial charge on any atom is -0.305 e. The zero-order chi connectivity index (χ0) is 13.7. The first-order valence-corrected chi connectivity index (χ1v) is 6.90. The standard InChI is InChI=1S/C13H12N2O3S/c16-15(17)13-8-4-7-12(9-13)14-19(18)10-11-5-2-1-3-6-11/h1-9,14H,10H2. The average molecular weight is 276 g/mol. The molecule has 6 heteroatoms. The number of hydrogen-bond donors (Lipinski definition) is 1. The van der Waals surface area contributed by atoms with Crippen molar-refractivity contribution in [1.29, 1.82) is 0 Å². The topological polar surface area (TPSA) is 72.2 Å². The number of hydrogen-bond acceptors (Lipinski definition) is 3. The number of benzene rings is 2. The number of anilines is 1. The van der Waals surface area contributed by atoms with Crippen LogP contribution in [-0.2, 0) is 16.7 Å². The monoisotopic (exact) mass is 276 g/mol. The molecule has 0 aliphatic heterocycles. The summed E-state index contributed by atoms with van der Waals surface area (Å²) in [5.74, 6) is 0.351. The quantitative estimate of drug-likeness (QED) is 0.674. The van der Waals surface area contributed by atoms with Crippen LogP contribution in [0.25, 0.3) is 0 Å². The van der Waals surface area contributed by atoms with Crippen molar-refractivity contribution in [3.8, 4) is 0 Å². The number of nitro benzene ring substituents is 1. The molecule has 0 amide bonds. The summed E-state index contributed by atoms with van der Waals surface area (Å²) in [5, 5.41) is 10.6. The van der Waals surface area contributed by atoms with E-state index in [1.165, 1.54) is 12.1 Å². The molecule has 1 N–H and O–H groups in total. The van der Waals surface area contributed by atoms with Crippen LogP contribution in [-0.4, -0.2) is 9.13 Å². The van der Waals surface area contributed by atoms with E-state index in [2.05, 4.69) is 4.72 Å². The van der Waals surface area contributed by atoms with Crippen molar-refractivity contribution in [2.24, 2.45) is 0 Å². The fourth-order valence-corrected chi connectivity index (χ4v) is 2.53. The maximum absolute atomic E-state index is 11.9. The van der Waals surface area contributed by atoms with E-state index in [-0.39, 0.29) is 5.69 Å². The molecule has 5 nitrogen and oxygen atoms in total. The Kier molecular flexibility index (Phi) is 4.25. The summed E-state index contributed by atoms with van der Waals surface area (Å²) < 4.78 is 14.6. The van der Waals surface area contributed by atoms with Gasteiger partial charge in [0.05, 0.1) is 16.4 Å². The van der Waals surface area contributed by atoms with Gasteiger partial charge < -0.3 is 4.72 Å². The predicted molar refractivity (Wildman–Crippen MR) is 75.0 cm³/mol. The van der Waals surface area contributed by atoms with E-state index in [1.54, 1.807) is 12.1 Å². The molecule has 1 atom stereocenters. The van der Waals surface area contributed by atoms with Crippen molar-refractivity contribution >= 4 is 22.4 Å². The molecular formula is C13H12N2O3S. The van der Waals surface area contributed by atoms with E-state index in [4.69, 9.17) is 0 Å². The van der Waals surface area contributed by atoms with Gasteiger partial charge in [0.1, 0.15) is 11.0 Å². The molecule has 0 bridgehead atoms. The minimum absolute atomic E-state index is 0.0262. The van der Waals surface area contributed by atoms with Gasteiger partial charge >= 0.3 is 0 Å². The van der Waals surface area contributed by atoms with Gasteiger partial charge in [-0.2, -0.15) is 0 Å². The SMILES string of the molecule is O=[N+]([O-])c1cccc(NS(=O)Cc2ccccc2)c1. The van der Waals surface area contributed by atoms with E-state index in [9.17, 15) is 14.3 Å². The summed E-state index contributed by atoms with van der Waals surface area (Å²) in [7, 11) is -1.32. The molecule has 0 aromatic heterocycles. The van der Waals surface area contributed by atoms with Crippen LogP contribution in [0.4, 0.5) is 11.4 Å². The lowest BCUT2D eigenvalue weighted by atomic mass is 10.2. The van der Waals surface area contributed by atoms with Crippen molar-refractivity contribution in [3.05, 3.63) is 70.3 Å². The Morgan fingerprint density at radius 2 is 1.84 bits per heavy atom. The predicted octanol–water partition coefficient (Wildman–Crippen LogP) is 2.87. The van der Waals surface area contributed by atoms with Gasteiger partial charge in [0.25, 0.3) is 5.69 Å². The van der Waals surface area contributed by atoms with Crippen LogP contribution in [0.15, 0.2) is 54.6 Å². The van der Waals surface area contributed by atoms with Crippen LogP contribution >= 0.6 is 0 Å². The van der Waals surface area contributed by atoms with Crippen molar-refractivity contribution in [1.82, 2.24) is 0 Å². The highest BCUT2D eigenvalue weighted by molar-refractivity contribution is 7.85. The van der Waals surface area contributed by atoms with Crippen LogP contribution < -0.4 is 4.72 Å². The number of nitrogens with one attached hydrogen (secondary N) is 1. The van der Waals surface area contributed by atoms with Crippen LogP contribution in [0.3, 0.4) is 0 Å². The molecule has 0 heterocycles. The van der Waals surface area contributed by atoms with E-state index in [1.807, 2.05) is 30.3 Å². The van der Waals surface area contributed by atoms with Gasteiger partial charge in [0, 0.05) is 12.1 Å². The second kappa shape index (κ2) is 6.10. The van der Waals surface area contributed by atoms with Crippen molar-refractivity contribution in [2.45, 2.75) is 5.75 Å². The Bertz CT molecular complexity index is 602. The highest BCUT2D eigenvalue weighted by atomic mass is 32.2. The number of non-ortho nitro benzene ring substituents is 1. The smallest absolute Gasteiger partial charge is 0.271 e. The first-order chi connectivity index (χ1) is 9.15. The fourth-order valence-electron chi connectivity index (χ4n) is 1.58. The van der Waals surface area contributed by atoms with Gasteiger partial charge in [0.15, 0.2) is 0 Å². The van der Waals surface area contributed by atoms with Crippen LogP contribution in [0.1, 0.15) is 5.56 Å². The van der Waals surface area contributed by atoms with E-state index in [0.717, 1.165) is 5.56 Å². The lowest BCUT2D eigenvalue weighted by Crippen LogP contribution is -2.07. The molecule has 2 rings (SSSR count). The molecule has 2 aromatic carbocycles. The molecule has 0 radical (unpaired) electrons. The zero-order valence-corrected chi connectivity index (χ0v) is 10.8. The third kappa shape index (κ3) is 3.89. The summed E-state index contributed by atoms with van der Waals surface area (Å²) in [5.41, 5.74) is 1.39. The Labute approximate surface area is 113 Å². The Hall–Kier alpha value is -2.21. The van der Waals surface area contributed by atoms with Crippen LogP contribution in [0, 0.1) is 10.1 Å². The van der Waals surface area contributed by atoms with Gasteiger partial charge in [-0.25, -0.2) is 4.21 Å². The number of nitrogens with zero attached hydrogens (tertiary/aromatic N) is 1. The number of rotatable bonds is 5. The molecule has 0 aliphatic rings. The van der Waals surface area contributed by atoms with E-state index in [0.29, 0.717) is 11.4 Å². The first kappa shape index (κ1) is 13.2. The molecule has 0 saturated heterocycles. The lowest BCUT2D eigenvalue weighted by molar-refractivity contribution is -0.384. The lowest BCUT2D eigenvalue weighted by Gasteiger charge is -2.05. The maximum atomic E-state index is 11.9. The Balaban J connectivity index is 2.03. The average Bonchev–Trinajstić information content (AvgIpc) is 2.40. The molecule has 0 fully saturated rings. The molecule has 19 heavy (non-hydrogen) atoms. The van der Waals surface area contributed by atoms with Gasteiger partial charge in [-0.05, 0) is 11.6 Å². The summed E-state index contributed by atoms with van der Waals surface area (Å²) in [6, 6.07) is 15.4. The molecule has 2 aromatic rings. The fraction of sp³-hybridized carbons (Fsp3) is 0.0769. The van der Waals surface area contributed by atoms with Gasteiger partial charge in [-0.15, -0.1) is 0 Å². The minimum atomic E-state index is -1.32. The Morgan fingerprint density at radius 1 is 1.11 bits per heavy atom. The first-order valence-electron chi connectivity index (χ1n) is 5.58. The highest BCUT2D eigenvalue weighted by Gasteiger charge is 2.07. The largest absolute Gasteiger partial charge is 0.305 e. The zero-order valence-electron chi connectivity index (χ0n) is 9.98. The van der Waals surface area contributed by atoms with Crippen LogP contribution in [0.5, 0.6) is 0 Å². The number of nitro groups is 1. The van der Waals surface area contributed by atoms with Crippen molar-refractivity contribution < 1.29 is 9.13 Å². The second-order valence-corrected chi connectivity index (χ2v) is 5.07. The van der Waals surface area contributed by atoms with Crippen molar-refractivity contribution in [3.63, 3.8) is 0 Å². The Morgan fingerprint density at radius 3 is 2.53 bits per heavy atom. The summed E-state index contributed by atoms with van der Waals surface area (Å²) in [4.78, 5) is 10.2. The van der Waals surface area contributed by atoms with Gasteiger partial charge in [-0.3, -0.25) is 10.1 Å². The van der Waals surface area contributed by atoms with E-state index < -0.39 is 15.9 Å². The highest BCUT2D eigenvalue weighted by Crippen LogP contribution is 2.18. The van der Waals surface area contributed by atoms with Crippen molar-refractivity contribution in [2.75, 3.05) is 4.72 Å². The third-order valence-corrected chi connectivity index (χ3v) is 3.49. The maximum Gasteiger partial charge on any atom is 0.271 e. The molecule has 0 aliphatic carbocycles.